The van der Waals surface area contributed by atoms with E-state index in [1.165, 1.54) is 0 Å². The molecule has 1 aromatic heterocycles. The first-order valence-electron chi connectivity index (χ1n) is 6.71. The summed E-state index contributed by atoms with van der Waals surface area (Å²) in [5.74, 6) is 0. The van der Waals surface area contributed by atoms with Crippen molar-refractivity contribution in [3.05, 3.63) is 34.9 Å². The average molecular weight is 318 g/mol. The van der Waals surface area contributed by atoms with Crippen molar-refractivity contribution in [1.29, 1.82) is 0 Å². The lowest BCUT2D eigenvalue weighted by atomic mass is 10.1. The summed E-state index contributed by atoms with van der Waals surface area (Å²) in [7, 11) is 0. The molecule has 0 spiro atoms. The summed E-state index contributed by atoms with van der Waals surface area (Å²) in [5.41, 5.74) is 3.15. The van der Waals surface area contributed by atoms with Gasteiger partial charge in [-0.05, 0) is 24.5 Å². The fourth-order valence-corrected chi connectivity index (χ4v) is 4.45. The van der Waals surface area contributed by atoms with E-state index in [4.69, 9.17) is 4.42 Å². The SMILES string of the molecule is CSc1cc(C2=C(CO)SC3=NCCN32)cc2ccoc12. The molecule has 0 amide bonds. The smallest absolute Gasteiger partial charge is 0.168 e. The maximum Gasteiger partial charge on any atom is 0.168 e. The third-order valence-electron chi connectivity index (χ3n) is 3.70. The van der Waals surface area contributed by atoms with Crippen molar-refractivity contribution in [1.82, 2.24) is 4.90 Å². The number of amidine groups is 1. The number of rotatable bonds is 3. The molecule has 2 aliphatic heterocycles. The van der Waals surface area contributed by atoms with E-state index < -0.39 is 0 Å². The Balaban J connectivity index is 1.90. The number of hydrogen-bond donors (Lipinski definition) is 1. The van der Waals surface area contributed by atoms with Gasteiger partial charge in [0.15, 0.2) is 5.17 Å². The van der Waals surface area contributed by atoms with Gasteiger partial charge in [-0.25, -0.2) is 0 Å². The average Bonchev–Trinajstić information content (AvgIpc) is 3.19. The summed E-state index contributed by atoms with van der Waals surface area (Å²) >= 11 is 3.26. The minimum absolute atomic E-state index is 0.0492. The molecular formula is C15H14N2O2S2. The second-order valence-corrected chi connectivity index (χ2v) is 6.78. The molecule has 0 fully saturated rings. The Morgan fingerprint density at radius 3 is 3.19 bits per heavy atom. The van der Waals surface area contributed by atoms with E-state index in [0.29, 0.717) is 0 Å². The highest BCUT2D eigenvalue weighted by molar-refractivity contribution is 8.17. The van der Waals surface area contributed by atoms with Gasteiger partial charge in [0.1, 0.15) is 5.58 Å². The fourth-order valence-electron chi connectivity index (χ4n) is 2.79. The Morgan fingerprint density at radius 2 is 2.38 bits per heavy atom. The molecule has 0 atom stereocenters. The molecule has 3 heterocycles. The molecule has 4 nitrogen and oxygen atoms in total. The standard InChI is InChI=1S/C15H14N2O2S2/c1-20-11-7-10(6-9-2-5-19-14(9)11)13-12(8-18)21-15-16-3-4-17(13)15/h2,5-7,18H,3-4,8H2,1H3. The minimum atomic E-state index is 0.0492. The van der Waals surface area contributed by atoms with Crippen molar-refractivity contribution in [2.75, 3.05) is 26.0 Å². The van der Waals surface area contributed by atoms with Crippen molar-refractivity contribution in [3.8, 4) is 0 Å². The van der Waals surface area contributed by atoms with E-state index in [0.717, 1.165) is 50.3 Å². The molecule has 108 valence electrons. The van der Waals surface area contributed by atoms with Crippen LogP contribution in [0.1, 0.15) is 5.56 Å². The first kappa shape index (κ1) is 13.3. The van der Waals surface area contributed by atoms with Gasteiger partial charge in [-0.3, -0.25) is 4.99 Å². The van der Waals surface area contributed by atoms with Crippen LogP contribution < -0.4 is 0 Å². The van der Waals surface area contributed by atoms with Gasteiger partial charge < -0.3 is 14.4 Å². The predicted octanol–water partition coefficient (Wildman–Crippen LogP) is 3.23. The minimum Gasteiger partial charge on any atom is -0.463 e. The molecule has 0 unspecified atom stereocenters. The number of hydrogen-bond acceptors (Lipinski definition) is 6. The van der Waals surface area contributed by atoms with E-state index >= 15 is 0 Å². The van der Waals surface area contributed by atoms with Gasteiger partial charge in [0, 0.05) is 22.4 Å². The Bertz CT molecular complexity index is 779. The van der Waals surface area contributed by atoms with Crippen molar-refractivity contribution in [2.45, 2.75) is 4.90 Å². The topological polar surface area (TPSA) is 49.0 Å². The van der Waals surface area contributed by atoms with E-state index in [1.54, 1.807) is 29.8 Å². The molecule has 2 aromatic rings. The van der Waals surface area contributed by atoms with E-state index in [2.05, 4.69) is 28.3 Å². The quantitative estimate of drug-likeness (QED) is 0.881. The summed E-state index contributed by atoms with van der Waals surface area (Å²) in [6.45, 7) is 1.76. The lowest BCUT2D eigenvalue weighted by Gasteiger charge is -2.18. The second-order valence-electron chi connectivity index (χ2n) is 4.87. The molecular weight excluding hydrogens is 304 g/mol. The normalized spacial score (nSPS) is 17.8. The summed E-state index contributed by atoms with van der Waals surface area (Å²) in [6.07, 6.45) is 3.77. The highest BCUT2D eigenvalue weighted by Gasteiger charge is 2.32. The van der Waals surface area contributed by atoms with Crippen LogP contribution in [0.5, 0.6) is 0 Å². The van der Waals surface area contributed by atoms with Crippen LogP contribution in [0, 0.1) is 0 Å². The predicted molar refractivity (Wildman–Crippen MR) is 88.6 cm³/mol. The largest absolute Gasteiger partial charge is 0.463 e. The van der Waals surface area contributed by atoms with Crippen LogP contribution in [-0.4, -0.2) is 41.1 Å². The molecule has 0 radical (unpaired) electrons. The first-order valence-corrected chi connectivity index (χ1v) is 8.75. The number of aliphatic hydroxyl groups is 1. The summed E-state index contributed by atoms with van der Waals surface area (Å²) in [6, 6.07) is 6.26. The maximum absolute atomic E-state index is 9.67. The summed E-state index contributed by atoms with van der Waals surface area (Å²) < 4.78 is 5.57. The van der Waals surface area contributed by atoms with Gasteiger partial charge >= 0.3 is 0 Å². The molecule has 0 saturated heterocycles. The molecule has 2 aliphatic rings. The third-order valence-corrected chi connectivity index (χ3v) is 5.55. The van der Waals surface area contributed by atoms with Crippen LogP contribution in [-0.2, 0) is 0 Å². The first-order chi connectivity index (χ1) is 10.3. The van der Waals surface area contributed by atoms with E-state index in [1.807, 2.05) is 6.07 Å². The van der Waals surface area contributed by atoms with Gasteiger partial charge in [-0.2, -0.15) is 0 Å². The number of furan rings is 1. The lowest BCUT2D eigenvalue weighted by Crippen LogP contribution is -2.20. The molecule has 0 aliphatic carbocycles. The highest BCUT2D eigenvalue weighted by atomic mass is 32.2. The fraction of sp³-hybridized carbons (Fsp3) is 0.267. The van der Waals surface area contributed by atoms with E-state index in [9.17, 15) is 5.11 Å². The second kappa shape index (κ2) is 5.12. The Morgan fingerprint density at radius 1 is 1.48 bits per heavy atom. The zero-order chi connectivity index (χ0) is 14.4. The van der Waals surface area contributed by atoms with Gasteiger partial charge in [-0.1, -0.05) is 11.8 Å². The highest BCUT2D eigenvalue weighted by Crippen LogP contribution is 2.43. The summed E-state index contributed by atoms with van der Waals surface area (Å²) in [5, 5.41) is 11.8. The number of thioether (sulfide) groups is 2. The number of nitrogens with zero attached hydrogens (tertiary/aromatic N) is 2. The molecule has 0 bridgehead atoms. The molecule has 6 heteroatoms. The number of benzene rings is 1. The van der Waals surface area contributed by atoms with Crippen LogP contribution in [0.2, 0.25) is 0 Å². The van der Waals surface area contributed by atoms with Gasteiger partial charge in [0.2, 0.25) is 0 Å². The molecule has 4 rings (SSSR count). The van der Waals surface area contributed by atoms with Gasteiger partial charge in [-0.15, -0.1) is 11.8 Å². The summed E-state index contributed by atoms with van der Waals surface area (Å²) in [4.78, 5) is 8.80. The Hall–Kier alpha value is -1.37. The lowest BCUT2D eigenvalue weighted by molar-refractivity contribution is 0.339. The third kappa shape index (κ3) is 2.01. The number of aliphatic imine (C=N–C) groups is 1. The molecule has 1 N–H and O–H groups in total. The number of fused-ring (bicyclic) bond motifs is 2. The Kier molecular flexibility index (Phi) is 3.24. The zero-order valence-electron chi connectivity index (χ0n) is 11.5. The van der Waals surface area contributed by atoms with Crippen LogP contribution >= 0.6 is 23.5 Å². The molecule has 21 heavy (non-hydrogen) atoms. The number of aliphatic hydroxyl groups excluding tert-OH is 1. The van der Waals surface area contributed by atoms with E-state index in [-0.39, 0.29) is 6.61 Å². The Labute approximate surface area is 130 Å². The van der Waals surface area contributed by atoms with Crippen LogP contribution in [0.4, 0.5) is 0 Å². The van der Waals surface area contributed by atoms with Gasteiger partial charge in [0.25, 0.3) is 0 Å². The maximum atomic E-state index is 9.67. The van der Waals surface area contributed by atoms with Crippen LogP contribution in [0.3, 0.4) is 0 Å². The van der Waals surface area contributed by atoms with Crippen molar-refractivity contribution < 1.29 is 9.52 Å². The van der Waals surface area contributed by atoms with Crippen molar-refractivity contribution >= 4 is 45.4 Å². The van der Waals surface area contributed by atoms with Crippen LogP contribution in [0.25, 0.3) is 16.7 Å². The van der Waals surface area contributed by atoms with Crippen molar-refractivity contribution in [3.63, 3.8) is 0 Å². The van der Waals surface area contributed by atoms with Crippen molar-refractivity contribution in [2.24, 2.45) is 4.99 Å². The zero-order valence-corrected chi connectivity index (χ0v) is 13.1. The molecule has 0 saturated carbocycles. The molecule has 1 aromatic carbocycles. The van der Waals surface area contributed by atoms with Gasteiger partial charge in [0.05, 0.1) is 30.0 Å². The van der Waals surface area contributed by atoms with Crippen LogP contribution in [0.15, 0.2) is 43.7 Å². The monoisotopic (exact) mass is 318 g/mol.